The molecule has 0 unspecified atom stereocenters. The van der Waals surface area contributed by atoms with E-state index in [4.69, 9.17) is 16.6 Å². The van der Waals surface area contributed by atoms with Crippen LogP contribution in [0.4, 0.5) is 0 Å². The lowest BCUT2D eigenvalue weighted by molar-refractivity contribution is -0.166. The minimum Gasteiger partial charge on any atom is -0.454 e. The third-order valence-electron chi connectivity index (χ3n) is 2.06. The molecule has 0 spiro atoms. The summed E-state index contributed by atoms with van der Waals surface area (Å²) < 4.78 is 8.56. The van der Waals surface area contributed by atoms with Gasteiger partial charge in [0.25, 0.3) is 0 Å². The van der Waals surface area contributed by atoms with Gasteiger partial charge in [-0.1, -0.05) is 6.42 Å². The molecule has 1 fully saturated rings. The third kappa shape index (κ3) is 3.22. The second-order valence-corrected chi connectivity index (χ2v) is 3.18. The molecule has 1 saturated carbocycles. The van der Waals surface area contributed by atoms with Crippen LogP contribution in [0.3, 0.4) is 0 Å². The van der Waals surface area contributed by atoms with E-state index in [1.807, 2.05) is 0 Å². The molecule has 0 heterocycles. The van der Waals surface area contributed by atoms with Crippen molar-refractivity contribution in [3.63, 3.8) is 0 Å². The lowest BCUT2D eigenvalue weighted by Crippen LogP contribution is -2.26. The lowest BCUT2D eigenvalue weighted by Gasteiger charge is -2.20. The molecule has 0 saturated heterocycles. The molecule has 0 N–H and O–H groups in total. The molecule has 0 atom stereocenters. The maximum absolute atomic E-state index is 10.9. The predicted molar refractivity (Wildman–Crippen MR) is 44.9 cm³/mol. The summed E-state index contributed by atoms with van der Waals surface area (Å²) in [6.45, 7) is 0. The van der Waals surface area contributed by atoms with Gasteiger partial charge < -0.3 is 9.03 Å². The Bertz CT molecular complexity index is 198. The highest BCUT2D eigenvalue weighted by atomic mass is 35.5. The first-order valence-corrected chi connectivity index (χ1v) is 4.58. The number of ether oxygens (including phenoxy) is 1. The van der Waals surface area contributed by atoms with Gasteiger partial charge in [0.1, 0.15) is 18.0 Å². The zero-order valence-corrected chi connectivity index (χ0v) is 7.88. The maximum Gasteiger partial charge on any atom is 0.435 e. The SMILES string of the molecule is O=C(OCl)C(=O)OC1CCCCC1. The Kier molecular flexibility index (Phi) is 4.02. The van der Waals surface area contributed by atoms with Crippen LogP contribution in [-0.2, 0) is 18.6 Å². The quantitative estimate of drug-likeness (QED) is 0.483. The Morgan fingerprint density at radius 3 is 2.23 bits per heavy atom. The molecule has 4 nitrogen and oxygen atoms in total. The predicted octanol–water partition coefficient (Wildman–Crippen LogP) is 1.56. The van der Waals surface area contributed by atoms with Crippen LogP contribution in [0.1, 0.15) is 32.1 Å². The Balaban J connectivity index is 2.30. The Morgan fingerprint density at radius 2 is 1.69 bits per heavy atom. The van der Waals surface area contributed by atoms with E-state index in [9.17, 15) is 9.59 Å². The van der Waals surface area contributed by atoms with Gasteiger partial charge in [-0.05, 0) is 25.7 Å². The molecule has 0 bridgehead atoms. The van der Waals surface area contributed by atoms with E-state index in [-0.39, 0.29) is 6.10 Å². The lowest BCUT2D eigenvalue weighted by atomic mass is 9.98. The van der Waals surface area contributed by atoms with Gasteiger partial charge in [0.2, 0.25) is 0 Å². The summed E-state index contributed by atoms with van der Waals surface area (Å²) in [6.07, 6.45) is 4.73. The summed E-state index contributed by atoms with van der Waals surface area (Å²) in [5.74, 6) is -2.14. The molecule has 0 aliphatic heterocycles. The monoisotopic (exact) mass is 206 g/mol. The highest BCUT2D eigenvalue weighted by molar-refractivity contribution is 6.35. The van der Waals surface area contributed by atoms with Gasteiger partial charge in [0.05, 0.1) is 0 Å². The topological polar surface area (TPSA) is 52.6 Å². The van der Waals surface area contributed by atoms with Crippen LogP contribution in [0.25, 0.3) is 0 Å². The summed E-state index contributed by atoms with van der Waals surface area (Å²) in [5.41, 5.74) is 0. The van der Waals surface area contributed by atoms with Gasteiger partial charge in [-0.15, -0.1) is 0 Å². The van der Waals surface area contributed by atoms with Crippen molar-refractivity contribution in [3.05, 3.63) is 0 Å². The summed E-state index contributed by atoms with van der Waals surface area (Å²) in [6, 6.07) is 0. The molecule has 0 aromatic carbocycles. The number of esters is 1. The van der Waals surface area contributed by atoms with Gasteiger partial charge in [0, 0.05) is 0 Å². The van der Waals surface area contributed by atoms with E-state index in [1.165, 1.54) is 0 Å². The molecular formula is C8H11ClO4. The van der Waals surface area contributed by atoms with Crippen molar-refractivity contribution in [2.24, 2.45) is 0 Å². The smallest absolute Gasteiger partial charge is 0.435 e. The van der Waals surface area contributed by atoms with Gasteiger partial charge in [-0.25, -0.2) is 9.59 Å². The second-order valence-electron chi connectivity index (χ2n) is 3.03. The van der Waals surface area contributed by atoms with Crippen LogP contribution in [0.15, 0.2) is 0 Å². The van der Waals surface area contributed by atoms with Crippen molar-refractivity contribution in [3.8, 4) is 0 Å². The van der Waals surface area contributed by atoms with Crippen molar-refractivity contribution in [1.29, 1.82) is 0 Å². The molecule has 0 amide bonds. The van der Waals surface area contributed by atoms with Crippen molar-refractivity contribution in [2.45, 2.75) is 38.2 Å². The van der Waals surface area contributed by atoms with E-state index < -0.39 is 11.9 Å². The normalized spacial score (nSPS) is 17.9. The standard InChI is InChI=1S/C8H11ClO4/c9-13-8(11)7(10)12-6-4-2-1-3-5-6/h6H,1-5H2. The molecule has 1 rings (SSSR count). The molecular weight excluding hydrogens is 196 g/mol. The molecule has 0 aromatic rings. The average Bonchev–Trinajstić information content (AvgIpc) is 2.18. The van der Waals surface area contributed by atoms with Gasteiger partial charge in [-0.2, -0.15) is 0 Å². The van der Waals surface area contributed by atoms with Gasteiger partial charge >= 0.3 is 11.9 Å². The van der Waals surface area contributed by atoms with Crippen LogP contribution >= 0.6 is 11.9 Å². The van der Waals surface area contributed by atoms with Crippen molar-refractivity contribution in [2.75, 3.05) is 0 Å². The molecule has 13 heavy (non-hydrogen) atoms. The highest BCUT2D eigenvalue weighted by Gasteiger charge is 2.23. The van der Waals surface area contributed by atoms with E-state index in [2.05, 4.69) is 4.29 Å². The van der Waals surface area contributed by atoms with E-state index in [0.29, 0.717) is 0 Å². The Labute approximate surface area is 81.3 Å². The van der Waals surface area contributed by atoms with Crippen molar-refractivity contribution >= 4 is 23.8 Å². The van der Waals surface area contributed by atoms with E-state index in [0.717, 1.165) is 32.1 Å². The Hall–Kier alpha value is -0.770. The average molecular weight is 207 g/mol. The summed E-state index contributed by atoms with van der Waals surface area (Å²) in [5, 5.41) is 0. The maximum atomic E-state index is 10.9. The number of hydrogen-bond donors (Lipinski definition) is 0. The highest BCUT2D eigenvalue weighted by Crippen LogP contribution is 2.20. The zero-order valence-electron chi connectivity index (χ0n) is 7.12. The third-order valence-corrected chi connectivity index (χ3v) is 2.20. The molecule has 74 valence electrons. The van der Waals surface area contributed by atoms with Crippen LogP contribution in [-0.4, -0.2) is 18.0 Å². The van der Waals surface area contributed by atoms with Crippen LogP contribution in [0, 0.1) is 0 Å². The molecule has 5 heteroatoms. The first-order chi connectivity index (χ1) is 6.24. The molecule has 0 aromatic heterocycles. The fraction of sp³-hybridized carbons (Fsp3) is 0.750. The number of halogens is 1. The largest absolute Gasteiger partial charge is 0.454 e. The number of hydrogen-bond acceptors (Lipinski definition) is 4. The zero-order chi connectivity index (χ0) is 9.68. The van der Waals surface area contributed by atoms with E-state index >= 15 is 0 Å². The fourth-order valence-corrected chi connectivity index (χ4v) is 1.48. The molecule has 0 radical (unpaired) electrons. The second kappa shape index (κ2) is 5.07. The summed E-state index contributed by atoms with van der Waals surface area (Å²) in [4.78, 5) is 21.4. The minimum absolute atomic E-state index is 0.142. The molecule has 1 aliphatic carbocycles. The minimum atomic E-state index is -1.15. The first-order valence-electron chi connectivity index (χ1n) is 4.27. The summed E-state index contributed by atoms with van der Waals surface area (Å²) >= 11 is 4.71. The van der Waals surface area contributed by atoms with Crippen LogP contribution in [0.5, 0.6) is 0 Å². The molecule has 1 aliphatic rings. The van der Waals surface area contributed by atoms with Crippen LogP contribution in [0.2, 0.25) is 0 Å². The first kappa shape index (κ1) is 10.3. The summed E-state index contributed by atoms with van der Waals surface area (Å²) in [7, 11) is 0. The number of rotatable bonds is 1. The van der Waals surface area contributed by atoms with Crippen LogP contribution < -0.4 is 0 Å². The van der Waals surface area contributed by atoms with Crippen molar-refractivity contribution in [1.82, 2.24) is 0 Å². The Morgan fingerprint density at radius 1 is 1.08 bits per heavy atom. The van der Waals surface area contributed by atoms with Gasteiger partial charge in [0.15, 0.2) is 0 Å². The van der Waals surface area contributed by atoms with Gasteiger partial charge in [-0.3, -0.25) is 0 Å². The fourth-order valence-electron chi connectivity index (χ4n) is 1.41. The van der Waals surface area contributed by atoms with Crippen molar-refractivity contribution < 1.29 is 18.6 Å². The number of carbonyl (C=O) groups excluding carboxylic acids is 2. The number of carbonyl (C=O) groups is 2. The van der Waals surface area contributed by atoms with E-state index in [1.54, 1.807) is 0 Å².